The summed E-state index contributed by atoms with van der Waals surface area (Å²) in [5, 5.41) is 11.5. The summed E-state index contributed by atoms with van der Waals surface area (Å²) < 4.78 is 0. The molecular formula is C10H13NO3S2. The van der Waals surface area contributed by atoms with Crippen molar-refractivity contribution in [3.8, 4) is 0 Å². The number of carbonyl (C=O) groups is 2. The lowest BCUT2D eigenvalue weighted by Gasteiger charge is -2.01. The largest absolute Gasteiger partial charge is 0.477 e. The molecule has 0 aliphatic carbocycles. The van der Waals surface area contributed by atoms with Crippen LogP contribution in [0.15, 0.2) is 12.1 Å². The van der Waals surface area contributed by atoms with E-state index in [1.807, 2.05) is 6.26 Å². The lowest BCUT2D eigenvalue weighted by molar-refractivity contribution is -0.120. The van der Waals surface area contributed by atoms with E-state index >= 15 is 0 Å². The molecule has 0 radical (unpaired) electrons. The van der Waals surface area contributed by atoms with E-state index in [1.165, 1.54) is 11.3 Å². The molecule has 0 aliphatic heterocycles. The van der Waals surface area contributed by atoms with Gasteiger partial charge >= 0.3 is 5.97 Å². The van der Waals surface area contributed by atoms with Crippen molar-refractivity contribution in [2.24, 2.45) is 0 Å². The predicted octanol–water partition coefficient (Wildman–Crippen LogP) is 1.82. The minimum Gasteiger partial charge on any atom is -0.477 e. The van der Waals surface area contributed by atoms with E-state index < -0.39 is 5.97 Å². The fourth-order valence-electron chi connectivity index (χ4n) is 1.06. The van der Waals surface area contributed by atoms with Crippen molar-refractivity contribution in [1.82, 2.24) is 5.32 Å². The van der Waals surface area contributed by atoms with Gasteiger partial charge in [0.2, 0.25) is 5.91 Å². The minimum absolute atomic E-state index is 0.000347. The molecule has 1 rings (SSSR count). The molecule has 0 spiro atoms. The normalized spacial score (nSPS) is 10.1. The Morgan fingerprint density at radius 3 is 2.81 bits per heavy atom. The first kappa shape index (κ1) is 13.1. The molecule has 16 heavy (non-hydrogen) atoms. The van der Waals surface area contributed by atoms with E-state index in [1.54, 1.807) is 23.9 Å². The predicted molar refractivity (Wildman–Crippen MR) is 66.1 cm³/mol. The zero-order chi connectivity index (χ0) is 12.0. The third kappa shape index (κ3) is 4.24. The zero-order valence-corrected chi connectivity index (χ0v) is 10.5. The maximum absolute atomic E-state index is 11.3. The molecule has 1 aromatic heterocycles. The molecular weight excluding hydrogens is 246 g/mol. The van der Waals surface area contributed by atoms with Crippen LogP contribution in [-0.4, -0.2) is 29.0 Å². The highest BCUT2D eigenvalue weighted by molar-refractivity contribution is 7.98. The highest BCUT2D eigenvalue weighted by Crippen LogP contribution is 2.15. The Kier molecular flexibility index (Phi) is 5.34. The Balaban J connectivity index is 2.36. The quantitative estimate of drug-likeness (QED) is 0.817. The second kappa shape index (κ2) is 6.55. The summed E-state index contributed by atoms with van der Waals surface area (Å²) in [6, 6.07) is 3.28. The highest BCUT2D eigenvalue weighted by atomic mass is 32.2. The van der Waals surface area contributed by atoms with E-state index in [2.05, 4.69) is 5.32 Å². The third-order valence-electron chi connectivity index (χ3n) is 1.87. The van der Waals surface area contributed by atoms with Crippen LogP contribution in [0.4, 0.5) is 0 Å². The first-order chi connectivity index (χ1) is 7.63. The molecule has 4 nitrogen and oxygen atoms in total. The number of nitrogens with one attached hydrogen (secondary N) is 1. The van der Waals surface area contributed by atoms with Gasteiger partial charge in [-0.15, -0.1) is 11.3 Å². The number of carboxylic acid groups (broad SMARTS) is 1. The van der Waals surface area contributed by atoms with E-state index in [0.29, 0.717) is 17.8 Å². The lowest BCUT2D eigenvalue weighted by atomic mass is 10.4. The van der Waals surface area contributed by atoms with Crippen LogP contribution in [0.3, 0.4) is 0 Å². The molecule has 0 aliphatic rings. The monoisotopic (exact) mass is 259 g/mol. The molecule has 0 bridgehead atoms. The molecule has 0 saturated carbocycles. The van der Waals surface area contributed by atoms with Crippen molar-refractivity contribution in [3.63, 3.8) is 0 Å². The Hall–Kier alpha value is -1.01. The van der Waals surface area contributed by atoms with E-state index in [4.69, 9.17) is 5.11 Å². The third-order valence-corrected chi connectivity index (χ3v) is 3.55. The first-order valence-corrected chi connectivity index (χ1v) is 6.92. The summed E-state index contributed by atoms with van der Waals surface area (Å²) in [5.74, 6) is -0.124. The highest BCUT2D eigenvalue weighted by Gasteiger charge is 2.07. The maximum Gasteiger partial charge on any atom is 0.345 e. The second-order valence-electron chi connectivity index (χ2n) is 3.09. The van der Waals surface area contributed by atoms with Crippen molar-refractivity contribution in [2.45, 2.75) is 13.0 Å². The van der Waals surface area contributed by atoms with E-state index in [9.17, 15) is 9.59 Å². The van der Waals surface area contributed by atoms with Crippen LogP contribution >= 0.6 is 23.1 Å². The molecule has 2 N–H and O–H groups in total. The molecule has 1 heterocycles. The van der Waals surface area contributed by atoms with Gasteiger partial charge in [-0.1, -0.05) is 0 Å². The van der Waals surface area contributed by atoms with Gasteiger partial charge in [0, 0.05) is 17.1 Å². The standard InChI is InChI=1S/C10H13NO3S2/c1-15-5-4-9(12)11-6-7-2-3-8(16-7)10(13)14/h2-3H,4-6H2,1H3,(H,11,12)(H,13,14). The zero-order valence-electron chi connectivity index (χ0n) is 8.86. The van der Waals surface area contributed by atoms with Gasteiger partial charge < -0.3 is 10.4 Å². The SMILES string of the molecule is CSCCC(=O)NCc1ccc(C(=O)O)s1. The Morgan fingerprint density at radius 2 is 2.25 bits per heavy atom. The number of carboxylic acids is 1. The van der Waals surface area contributed by atoms with Crippen LogP contribution in [0, 0.1) is 0 Å². The molecule has 0 saturated heterocycles. The Morgan fingerprint density at radius 1 is 1.50 bits per heavy atom. The number of rotatable bonds is 6. The molecule has 1 amide bonds. The number of hydrogen-bond acceptors (Lipinski definition) is 4. The second-order valence-corrected chi connectivity index (χ2v) is 5.24. The van der Waals surface area contributed by atoms with Crippen molar-refractivity contribution in [3.05, 3.63) is 21.9 Å². The van der Waals surface area contributed by atoms with E-state index in [-0.39, 0.29) is 5.91 Å². The Labute approximate surface area is 102 Å². The van der Waals surface area contributed by atoms with Crippen LogP contribution in [0.1, 0.15) is 21.0 Å². The fourth-order valence-corrected chi connectivity index (χ4v) is 2.23. The summed E-state index contributed by atoms with van der Waals surface area (Å²) in [6.45, 7) is 0.408. The molecule has 0 unspecified atom stereocenters. The minimum atomic E-state index is -0.926. The average molecular weight is 259 g/mol. The molecule has 6 heteroatoms. The number of amides is 1. The summed E-state index contributed by atoms with van der Waals surface area (Å²) in [6.07, 6.45) is 2.45. The van der Waals surface area contributed by atoms with Gasteiger partial charge in [-0.2, -0.15) is 11.8 Å². The summed E-state index contributed by atoms with van der Waals surface area (Å²) in [5.41, 5.74) is 0. The van der Waals surface area contributed by atoms with Crippen LogP contribution in [0.5, 0.6) is 0 Å². The first-order valence-electron chi connectivity index (χ1n) is 4.71. The number of thioether (sulfide) groups is 1. The molecule has 1 aromatic rings. The number of hydrogen-bond donors (Lipinski definition) is 2. The van der Waals surface area contributed by atoms with Gasteiger partial charge in [-0.05, 0) is 18.4 Å². The van der Waals surface area contributed by atoms with Crippen molar-refractivity contribution in [1.29, 1.82) is 0 Å². The molecule has 0 aromatic carbocycles. The van der Waals surface area contributed by atoms with Gasteiger partial charge in [0.05, 0.1) is 6.54 Å². The topological polar surface area (TPSA) is 66.4 Å². The van der Waals surface area contributed by atoms with Crippen LogP contribution < -0.4 is 5.32 Å². The molecule has 0 fully saturated rings. The van der Waals surface area contributed by atoms with Crippen LogP contribution in [0.2, 0.25) is 0 Å². The average Bonchev–Trinajstić information content (AvgIpc) is 2.72. The van der Waals surface area contributed by atoms with Crippen molar-refractivity contribution in [2.75, 3.05) is 12.0 Å². The van der Waals surface area contributed by atoms with Gasteiger partial charge in [-0.25, -0.2) is 4.79 Å². The van der Waals surface area contributed by atoms with Crippen molar-refractivity contribution < 1.29 is 14.7 Å². The Bertz CT molecular complexity index is 376. The maximum atomic E-state index is 11.3. The van der Waals surface area contributed by atoms with Gasteiger partial charge in [0.25, 0.3) is 0 Å². The number of aromatic carboxylic acids is 1. The number of carbonyl (C=O) groups excluding carboxylic acids is 1. The van der Waals surface area contributed by atoms with Crippen LogP contribution in [-0.2, 0) is 11.3 Å². The molecule has 88 valence electrons. The molecule has 0 atom stereocenters. The van der Waals surface area contributed by atoms with Crippen LogP contribution in [0.25, 0.3) is 0 Å². The summed E-state index contributed by atoms with van der Waals surface area (Å²) in [4.78, 5) is 23.0. The number of thiophene rings is 1. The van der Waals surface area contributed by atoms with E-state index in [0.717, 1.165) is 10.6 Å². The van der Waals surface area contributed by atoms with Crippen molar-refractivity contribution >= 4 is 35.0 Å². The fraction of sp³-hybridized carbons (Fsp3) is 0.400. The summed E-state index contributed by atoms with van der Waals surface area (Å²) in [7, 11) is 0. The van der Waals surface area contributed by atoms with Gasteiger partial charge in [0.1, 0.15) is 4.88 Å². The lowest BCUT2D eigenvalue weighted by Crippen LogP contribution is -2.22. The van der Waals surface area contributed by atoms with Gasteiger partial charge in [0.15, 0.2) is 0 Å². The summed E-state index contributed by atoms with van der Waals surface area (Å²) >= 11 is 2.81. The smallest absolute Gasteiger partial charge is 0.345 e. The van der Waals surface area contributed by atoms with Gasteiger partial charge in [-0.3, -0.25) is 4.79 Å².